The number of hydrogen-bond donors (Lipinski definition) is 0. The topological polar surface area (TPSA) is 0 Å². The maximum atomic E-state index is 2.56. The van der Waals surface area contributed by atoms with Gasteiger partial charge in [0.15, 0.2) is 0 Å². The highest BCUT2D eigenvalue weighted by Crippen LogP contribution is 2.61. The van der Waals surface area contributed by atoms with Gasteiger partial charge >= 0.3 is 0 Å². The first kappa shape index (κ1) is 36.0. The second-order valence-electron chi connectivity index (χ2n) is 18.1. The van der Waals surface area contributed by atoms with Crippen molar-refractivity contribution in [3.05, 3.63) is 0 Å². The van der Waals surface area contributed by atoms with E-state index in [0.29, 0.717) is 35.5 Å². The molecule has 0 saturated carbocycles. The molecule has 0 aliphatic rings. The average molecular weight is 507 g/mol. The Bertz CT molecular complexity index is 688. The lowest BCUT2D eigenvalue weighted by Crippen LogP contribution is -2.52. The van der Waals surface area contributed by atoms with Crippen LogP contribution in [0, 0.1) is 73.4 Å². The molecule has 0 aromatic heterocycles. The molecule has 0 heterocycles. The molecule has 218 valence electrons. The summed E-state index contributed by atoms with van der Waals surface area (Å²) >= 11 is 0. The molecular weight excluding hydrogens is 432 g/mol. The molecule has 0 aromatic carbocycles. The van der Waals surface area contributed by atoms with Crippen molar-refractivity contribution in [3.63, 3.8) is 0 Å². The van der Waals surface area contributed by atoms with Crippen LogP contribution in [0.5, 0.6) is 0 Å². The zero-order chi connectivity index (χ0) is 29.7. The van der Waals surface area contributed by atoms with Gasteiger partial charge < -0.3 is 0 Å². The van der Waals surface area contributed by atoms with Gasteiger partial charge in [0.05, 0.1) is 0 Å². The largest absolute Gasteiger partial charge is 0.0622 e. The minimum absolute atomic E-state index is 0.236. The molecule has 0 bridgehead atoms. The summed E-state index contributed by atoms with van der Waals surface area (Å²) in [5.41, 5.74) is 1.80. The van der Waals surface area contributed by atoms with Crippen molar-refractivity contribution in [2.24, 2.45) is 73.4 Å². The molecule has 0 rings (SSSR count). The molecule has 0 aliphatic carbocycles. The van der Waals surface area contributed by atoms with Crippen molar-refractivity contribution in [1.82, 2.24) is 0 Å². The van der Waals surface area contributed by atoms with E-state index in [0.717, 1.165) is 0 Å². The Morgan fingerprint density at radius 2 is 0.833 bits per heavy atom. The number of rotatable bonds is 12. The van der Waals surface area contributed by atoms with E-state index < -0.39 is 0 Å². The molecule has 5 atom stereocenters. The number of hydrogen-bond acceptors (Lipinski definition) is 0. The summed E-state index contributed by atoms with van der Waals surface area (Å²) in [6.07, 6.45) is 1.30. The van der Waals surface area contributed by atoms with Gasteiger partial charge in [0.2, 0.25) is 0 Å². The SMILES string of the molecule is CC(CC(C)C(C)(C)C(C)(C)C(C)C(C)(C)C(C)(C)C)C(C)C(C)C(C)(C)C(C)(C)C(C)(C)C(C)C. The minimum Gasteiger partial charge on any atom is -0.0622 e. The minimum atomic E-state index is 0.236. The van der Waals surface area contributed by atoms with Gasteiger partial charge in [-0.15, -0.1) is 0 Å². The monoisotopic (exact) mass is 507 g/mol. The second-order valence-corrected chi connectivity index (χ2v) is 18.1. The van der Waals surface area contributed by atoms with Crippen LogP contribution in [0.15, 0.2) is 0 Å². The van der Waals surface area contributed by atoms with E-state index in [2.05, 4.69) is 152 Å². The standard InChI is InChI=1S/C36H74/c1-24(2)31(11,12)36(21,22)33(15,16)28(6)27(5)25(3)23-26(4)32(13,14)35(19,20)29(7)34(17,18)30(8,9)10/h24-29H,23H2,1-22H3. The molecule has 0 heteroatoms. The summed E-state index contributed by atoms with van der Waals surface area (Å²) in [5, 5.41) is 0. The fraction of sp³-hybridized carbons (Fsp3) is 1.00. The summed E-state index contributed by atoms with van der Waals surface area (Å²) < 4.78 is 0. The highest BCUT2D eigenvalue weighted by molar-refractivity contribution is 5.02. The van der Waals surface area contributed by atoms with Crippen LogP contribution in [-0.2, 0) is 0 Å². The Kier molecular flexibility index (Phi) is 10.9. The zero-order valence-corrected chi connectivity index (χ0v) is 29.7. The Balaban J connectivity index is 5.93. The summed E-state index contributed by atoms with van der Waals surface area (Å²) in [7, 11) is 0. The summed E-state index contributed by atoms with van der Waals surface area (Å²) in [6, 6.07) is 0. The molecule has 0 fully saturated rings. The maximum Gasteiger partial charge on any atom is -0.0247 e. The Morgan fingerprint density at radius 1 is 0.444 bits per heavy atom. The molecule has 0 radical (unpaired) electrons. The van der Waals surface area contributed by atoms with E-state index in [1.165, 1.54) is 6.42 Å². The molecule has 36 heavy (non-hydrogen) atoms. The third kappa shape index (κ3) is 6.09. The summed E-state index contributed by atoms with van der Waals surface area (Å²) in [4.78, 5) is 0. The molecule has 0 spiro atoms. The third-order valence-electron chi connectivity index (χ3n) is 15.2. The van der Waals surface area contributed by atoms with Crippen molar-refractivity contribution < 1.29 is 0 Å². The van der Waals surface area contributed by atoms with Crippen molar-refractivity contribution in [1.29, 1.82) is 0 Å². The lowest BCUT2D eigenvalue weighted by Gasteiger charge is -2.59. The molecule has 0 N–H and O–H groups in total. The van der Waals surface area contributed by atoms with Crippen molar-refractivity contribution >= 4 is 0 Å². The van der Waals surface area contributed by atoms with E-state index in [-0.39, 0.29) is 37.9 Å². The Labute approximate surface area is 232 Å². The predicted octanol–water partition coefficient (Wildman–Crippen LogP) is 12.4. The predicted molar refractivity (Wildman–Crippen MR) is 167 cm³/mol. The first-order valence-corrected chi connectivity index (χ1v) is 15.5. The van der Waals surface area contributed by atoms with Crippen LogP contribution in [0.25, 0.3) is 0 Å². The molecule has 0 nitrogen and oxygen atoms in total. The van der Waals surface area contributed by atoms with Crippen molar-refractivity contribution in [2.75, 3.05) is 0 Å². The lowest BCUT2D eigenvalue weighted by molar-refractivity contribution is -0.101. The third-order valence-corrected chi connectivity index (χ3v) is 15.2. The van der Waals surface area contributed by atoms with E-state index >= 15 is 0 Å². The Morgan fingerprint density at radius 3 is 1.17 bits per heavy atom. The van der Waals surface area contributed by atoms with Gasteiger partial charge in [0.1, 0.15) is 0 Å². The first-order chi connectivity index (χ1) is 15.5. The maximum absolute atomic E-state index is 2.56. The molecule has 0 saturated heterocycles. The second kappa shape index (κ2) is 10.9. The van der Waals surface area contributed by atoms with Crippen molar-refractivity contribution in [2.45, 2.75) is 159 Å². The van der Waals surface area contributed by atoms with E-state index in [9.17, 15) is 0 Å². The molecule has 0 amide bonds. The van der Waals surface area contributed by atoms with Crippen LogP contribution in [0.4, 0.5) is 0 Å². The van der Waals surface area contributed by atoms with Gasteiger partial charge in [-0.2, -0.15) is 0 Å². The fourth-order valence-corrected chi connectivity index (χ4v) is 7.08. The van der Waals surface area contributed by atoms with Crippen molar-refractivity contribution in [3.8, 4) is 0 Å². The molecule has 5 unspecified atom stereocenters. The summed E-state index contributed by atoms with van der Waals surface area (Å²) in [5.74, 6) is 3.99. The van der Waals surface area contributed by atoms with Crippen LogP contribution in [0.3, 0.4) is 0 Å². The Hall–Kier alpha value is 0. The van der Waals surface area contributed by atoms with Gasteiger partial charge in [0.25, 0.3) is 0 Å². The van der Waals surface area contributed by atoms with Gasteiger partial charge in [-0.1, -0.05) is 152 Å². The highest BCUT2D eigenvalue weighted by atomic mass is 14.6. The van der Waals surface area contributed by atoms with E-state index in [1.807, 2.05) is 0 Å². The summed E-state index contributed by atoms with van der Waals surface area (Å²) in [6.45, 7) is 55.2. The molecule has 0 aromatic rings. The van der Waals surface area contributed by atoms with Gasteiger partial charge in [0, 0.05) is 0 Å². The molecule has 0 aliphatic heterocycles. The smallest absolute Gasteiger partial charge is 0.0247 e. The van der Waals surface area contributed by atoms with Crippen LogP contribution < -0.4 is 0 Å². The van der Waals surface area contributed by atoms with Crippen LogP contribution in [0.1, 0.15) is 159 Å². The quantitative estimate of drug-likeness (QED) is 0.247. The van der Waals surface area contributed by atoms with Gasteiger partial charge in [-0.3, -0.25) is 0 Å². The van der Waals surface area contributed by atoms with Gasteiger partial charge in [-0.05, 0) is 79.8 Å². The van der Waals surface area contributed by atoms with Gasteiger partial charge in [-0.25, -0.2) is 0 Å². The van der Waals surface area contributed by atoms with Crippen LogP contribution in [0.2, 0.25) is 0 Å². The normalized spacial score (nSPS) is 19.8. The zero-order valence-electron chi connectivity index (χ0n) is 29.7. The molecular formula is C36H74. The van der Waals surface area contributed by atoms with E-state index in [4.69, 9.17) is 0 Å². The van der Waals surface area contributed by atoms with E-state index in [1.54, 1.807) is 0 Å². The lowest BCUT2D eigenvalue weighted by atomic mass is 9.46. The van der Waals surface area contributed by atoms with Crippen LogP contribution in [-0.4, -0.2) is 0 Å². The first-order valence-electron chi connectivity index (χ1n) is 15.5. The van der Waals surface area contributed by atoms with Crippen LogP contribution >= 0.6 is 0 Å². The average Bonchev–Trinajstić information content (AvgIpc) is 2.69. The fourth-order valence-electron chi connectivity index (χ4n) is 7.08. The highest BCUT2D eigenvalue weighted by Gasteiger charge is 2.54.